The number of halogens is 2. The minimum absolute atomic E-state index is 0.329. The summed E-state index contributed by atoms with van der Waals surface area (Å²) in [6.07, 6.45) is -16.9. The van der Waals surface area contributed by atoms with E-state index in [0.717, 1.165) is 33.1 Å². The van der Waals surface area contributed by atoms with Crippen molar-refractivity contribution >= 4 is 127 Å². The van der Waals surface area contributed by atoms with E-state index in [4.69, 9.17) is 16.2 Å². The highest BCUT2D eigenvalue weighted by molar-refractivity contribution is 9.10. The normalized spacial score (nSPS) is 27.7. The molecule has 3 aliphatic rings. The monoisotopic (exact) mass is 1780 g/mol. The molecule has 0 radical (unpaired) electrons. The van der Waals surface area contributed by atoms with E-state index >= 15 is 9.59 Å². The second-order valence-electron chi connectivity index (χ2n) is 28.2. The molecule has 1 saturated heterocycles. The molecule has 640 valence electrons. The fourth-order valence-electron chi connectivity index (χ4n) is 12.5. The molecule has 0 unspecified atom stereocenters. The number of hydrogen-bond donors (Lipinski definition) is 24. The summed E-state index contributed by atoms with van der Waals surface area (Å²) in [5, 5.41) is 139. The SMILES string of the molecule is CC(/C=C/c1ccc(Br)cc1)=C\[C@H](O)[C@H]1CC(=O)N[C@@H](CO)C(=O)N[C@@H]2Cn3cc([n+]([C@@H]4OC[C@H](O)[C@H](O)[C@H]4O)c3)C[C@H](NC(=O)C[C@H](O)C[C@@H](C(=O)O)NC(=O)CCNC(=O)[C@H](Cc3ccc(Br)cc3)NC(=O)[C@@H]([C@@H](O)C(N)=O)NC(=O)[C@H](CC(N)=O)NC2=O)C(=O)N[C@@H]([C@H](C)O)C(=O)N[C@@H](CO)C(=O)N[C@@H](Cc2ccccc2)C(=O)N1. The molecule has 14 amide bonds. The van der Waals surface area contributed by atoms with Gasteiger partial charge in [-0.25, -0.2) is 13.9 Å². The van der Waals surface area contributed by atoms with Gasteiger partial charge in [-0.1, -0.05) is 110 Å². The first-order chi connectivity index (χ1) is 55.8. The lowest BCUT2D eigenvalue weighted by Gasteiger charge is -2.33. The van der Waals surface area contributed by atoms with Crippen molar-refractivity contribution in [2.24, 2.45) is 11.5 Å². The Bertz CT molecular complexity index is 4350. The molecule has 0 spiro atoms. The van der Waals surface area contributed by atoms with Crippen molar-refractivity contribution in [3.8, 4) is 0 Å². The van der Waals surface area contributed by atoms with Gasteiger partial charge in [0.2, 0.25) is 95.3 Å². The van der Waals surface area contributed by atoms with Crippen LogP contribution in [0.2, 0.25) is 0 Å². The van der Waals surface area contributed by atoms with E-state index in [1.165, 1.54) is 18.2 Å². The second-order valence-corrected chi connectivity index (χ2v) is 30.0. The summed E-state index contributed by atoms with van der Waals surface area (Å²) in [6, 6.07) is -2.14. The summed E-state index contributed by atoms with van der Waals surface area (Å²) < 4.78 is 9.01. The standard InChI is InChI=1S/C74H94Br2N16O26/c1-34(8-9-36-10-14-39(75)15-11-36)20-52(97)43-27-57(102)82-50(30-93)69(112)87-49-29-91-28-41(92(33-91)73-62(105)60(103)53(98)32-118-73)23-46(66(109)89-58(35(2)95)71(114)88-51(31-94)70(113)84-45(65(108)83-43)21-37-6-4-3-5-7-37)80-56(101)25-42(96)24-48(74(116)117)81-55(100)18-19-79-64(107)44(22-38-12-16-40(76)17-13-38)86-72(115)59(61(104)63(78)106)90-67(110)47(26-54(77)99)85-68(49)111/h3-17,20,28,33,35,42-53,58-62,73,93-98,103-105H,18-19,21-27,29-32H2,1-2H3,(H16-,77,78,79,80,81,82,83,84,85,86,87,88,89,90,99,100,101,102,106,107,108,109,110,111,112,113,114,115,116,117)/p+1/b9-8+,34-20+/t35-,42+,43+,44-,45-,46-,47-,48-,49+,50-,51-,52-,53-,58-,59+,60-,61+,62+,73+/m0/s1. The van der Waals surface area contributed by atoms with E-state index in [9.17, 15) is 113 Å². The first-order valence-electron chi connectivity index (χ1n) is 36.8. The Morgan fingerprint density at radius 1 is 0.593 bits per heavy atom. The minimum Gasteiger partial charge on any atom is -0.480 e. The van der Waals surface area contributed by atoms with E-state index in [0.29, 0.717) is 26.7 Å². The number of aliphatic hydroxyl groups is 9. The number of aliphatic carboxylic acids is 1. The average Bonchev–Trinajstić information content (AvgIpc) is 1.62. The van der Waals surface area contributed by atoms with Crippen molar-refractivity contribution in [1.29, 1.82) is 0 Å². The number of carboxylic acids is 1. The zero-order chi connectivity index (χ0) is 86.9. The van der Waals surface area contributed by atoms with Crippen molar-refractivity contribution in [3.63, 3.8) is 0 Å². The van der Waals surface area contributed by atoms with Crippen LogP contribution < -0.4 is 79.8 Å². The van der Waals surface area contributed by atoms with Gasteiger partial charge in [0.1, 0.15) is 97.2 Å². The van der Waals surface area contributed by atoms with Crippen LogP contribution in [0.3, 0.4) is 0 Å². The summed E-state index contributed by atoms with van der Waals surface area (Å²) in [7, 11) is 0. The third kappa shape index (κ3) is 28.1. The number of carboxylic acid groups (broad SMARTS) is 1. The summed E-state index contributed by atoms with van der Waals surface area (Å²) in [5.41, 5.74) is 12.5. The highest BCUT2D eigenvalue weighted by Gasteiger charge is 2.46. The van der Waals surface area contributed by atoms with Crippen molar-refractivity contribution in [1.82, 2.24) is 68.4 Å². The Kier molecular flexibility index (Phi) is 35.5. The number of fused-ring (bicyclic) bond motifs is 2. The number of ether oxygens (including phenoxy) is 1. The van der Waals surface area contributed by atoms with Crippen LogP contribution >= 0.6 is 31.9 Å². The molecule has 7 rings (SSSR count). The van der Waals surface area contributed by atoms with E-state index in [-0.39, 0.29) is 5.69 Å². The van der Waals surface area contributed by atoms with Crippen LogP contribution in [-0.2, 0) is 102 Å². The van der Waals surface area contributed by atoms with Crippen molar-refractivity contribution in [2.45, 2.75) is 187 Å². The van der Waals surface area contributed by atoms with Gasteiger partial charge >= 0.3 is 5.97 Å². The number of allylic oxidation sites excluding steroid dienone is 2. The number of hydrogen-bond acceptors (Lipinski definition) is 25. The van der Waals surface area contributed by atoms with Gasteiger partial charge in [-0.2, -0.15) is 0 Å². The summed E-state index contributed by atoms with van der Waals surface area (Å²) in [5.74, 6) is -21.1. The number of aromatic nitrogens is 2. The van der Waals surface area contributed by atoms with E-state index in [1.807, 2.05) is 5.32 Å². The topological polar surface area (TPSA) is 673 Å². The zero-order valence-electron chi connectivity index (χ0n) is 63.4. The van der Waals surface area contributed by atoms with Crippen LogP contribution in [0.25, 0.3) is 6.08 Å². The first kappa shape index (κ1) is 94.1. The Hall–Kier alpha value is -11.0. The molecule has 1 fully saturated rings. The summed E-state index contributed by atoms with van der Waals surface area (Å²) in [6.45, 7) is -2.50. The highest BCUT2D eigenvalue weighted by atomic mass is 79.9. The number of amides is 14. The number of imidazole rings is 1. The molecule has 118 heavy (non-hydrogen) atoms. The van der Waals surface area contributed by atoms with Gasteiger partial charge in [-0.05, 0) is 54.8 Å². The van der Waals surface area contributed by atoms with Gasteiger partial charge in [0.25, 0.3) is 0 Å². The lowest BCUT2D eigenvalue weighted by atomic mass is 10.0. The first-order valence-corrected chi connectivity index (χ1v) is 38.4. The Morgan fingerprint density at radius 3 is 1.75 bits per heavy atom. The number of nitrogens with zero attached hydrogens (tertiary/aromatic N) is 2. The number of carbonyl (C=O) groups excluding carboxylic acids is 14. The van der Waals surface area contributed by atoms with Gasteiger partial charge in [0.05, 0.1) is 57.0 Å². The average molecular weight is 1780 g/mol. The predicted molar refractivity (Wildman–Crippen MR) is 413 cm³/mol. The number of aliphatic hydroxyl groups excluding tert-OH is 9. The van der Waals surface area contributed by atoms with Crippen LogP contribution in [-0.4, -0.2) is 280 Å². The van der Waals surface area contributed by atoms with E-state index < -0.39 is 288 Å². The van der Waals surface area contributed by atoms with Gasteiger partial charge in [0, 0.05) is 54.0 Å². The molecular weight excluding hydrogens is 1690 g/mol. The van der Waals surface area contributed by atoms with Gasteiger partial charge < -0.3 is 131 Å². The molecular formula is C74H95Br2N16O26+. The fourth-order valence-corrected chi connectivity index (χ4v) is 13.0. The molecule has 3 aliphatic heterocycles. The number of rotatable bonds is 17. The quantitative estimate of drug-likeness (QED) is 0.0345. The number of nitrogens with two attached hydrogens (primary N) is 2. The van der Waals surface area contributed by atoms with Crippen LogP contribution in [0, 0.1) is 0 Å². The van der Waals surface area contributed by atoms with Crippen LogP contribution in [0.4, 0.5) is 0 Å². The molecule has 4 aromatic rings. The van der Waals surface area contributed by atoms with E-state index in [2.05, 4.69) is 90.3 Å². The molecule has 0 aliphatic carbocycles. The zero-order valence-corrected chi connectivity index (χ0v) is 66.5. The van der Waals surface area contributed by atoms with Gasteiger partial charge in [-0.3, -0.25) is 67.1 Å². The lowest BCUT2D eigenvalue weighted by Crippen LogP contribution is -2.63. The molecule has 0 saturated carbocycles. The molecule has 42 nitrogen and oxygen atoms in total. The Morgan fingerprint density at radius 2 is 1.14 bits per heavy atom. The molecule has 1 aromatic heterocycles. The number of nitrogens with one attached hydrogen (secondary N) is 12. The Labute approximate surface area is 689 Å². The lowest BCUT2D eigenvalue weighted by molar-refractivity contribution is -0.780. The van der Waals surface area contributed by atoms with Crippen molar-refractivity contribution in [2.75, 3.05) is 26.4 Å². The summed E-state index contributed by atoms with van der Waals surface area (Å²) >= 11 is 6.65. The molecule has 44 heteroatoms. The van der Waals surface area contributed by atoms with Crippen molar-refractivity contribution in [3.05, 3.63) is 140 Å². The molecule has 19 atom stereocenters. The number of carbonyl (C=O) groups is 15. The van der Waals surface area contributed by atoms with Crippen LogP contribution in [0.5, 0.6) is 0 Å². The molecule has 4 bridgehead atoms. The Balaban J connectivity index is 1.43. The maximum absolute atomic E-state index is 15.3. The second kappa shape index (κ2) is 44.5. The third-order valence-electron chi connectivity index (χ3n) is 18.8. The molecule has 4 heterocycles. The smallest absolute Gasteiger partial charge is 0.326 e. The minimum atomic E-state index is -2.72. The fraction of sp³-hybridized carbons (Fsp3) is 0.459. The van der Waals surface area contributed by atoms with Crippen LogP contribution in [0.1, 0.15) is 74.6 Å². The maximum Gasteiger partial charge on any atom is 0.326 e. The van der Waals surface area contributed by atoms with E-state index in [1.54, 1.807) is 85.8 Å². The van der Waals surface area contributed by atoms with Gasteiger partial charge in [0.15, 0.2) is 6.10 Å². The van der Waals surface area contributed by atoms with Crippen molar-refractivity contribution < 1.29 is 132 Å². The largest absolute Gasteiger partial charge is 0.480 e. The third-order valence-corrected chi connectivity index (χ3v) is 19.9. The maximum atomic E-state index is 15.3. The summed E-state index contributed by atoms with van der Waals surface area (Å²) in [4.78, 5) is 213. The predicted octanol–water partition coefficient (Wildman–Crippen LogP) is -9.47. The highest BCUT2D eigenvalue weighted by Crippen LogP contribution is 2.23. The van der Waals surface area contributed by atoms with Crippen LogP contribution in [0.15, 0.2) is 118 Å². The molecule has 3 aromatic carbocycles. The number of benzene rings is 3. The van der Waals surface area contributed by atoms with Gasteiger partial charge in [-0.15, -0.1) is 0 Å². The number of primary amides is 2. The molecule has 26 N–H and O–H groups in total.